The van der Waals surface area contributed by atoms with E-state index in [2.05, 4.69) is 5.32 Å². The molecular weight excluding hydrogens is 358 g/mol. The Morgan fingerprint density at radius 2 is 2.00 bits per heavy atom. The van der Waals surface area contributed by atoms with Crippen LogP contribution in [-0.2, 0) is 4.79 Å². The molecule has 0 aliphatic carbocycles. The smallest absolute Gasteiger partial charge is 0.244 e. The number of hydrogen-bond donors (Lipinski definition) is 1. The Labute approximate surface area is 165 Å². The van der Waals surface area contributed by atoms with Crippen molar-refractivity contribution in [3.63, 3.8) is 0 Å². The first-order chi connectivity index (χ1) is 13.6. The van der Waals surface area contributed by atoms with E-state index in [9.17, 15) is 4.79 Å². The molecule has 28 heavy (non-hydrogen) atoms. The second kappa shape index (κ2) is 9.17. The Hall–Kier alpha value is -3.15. The third kappa shape index (κ3) is 4.76. The second-order valence-electron chi connectivity index (χ2n) is 6.44. The highest BCUT2D eigenvalue weighted by atomic mass is 16.7. The minimum Gasteiger partial charge on any atom is -0.493 e. The predicted octanol–water partition coefficient (Wildman–Crippen LogP) is 4.10. The molecule has 1 unspecified atom stereocenters. The van der Waals surface area contributed by atoms with Gasteiger partial charge < -0.3 is 24.3 Å². The molecule has 0 fully saturated rings. The van der Waals surface area contributed by atoms with Crippen molar-refractivity contribution in [2.24, 2.45) is 0 Å². The van der Waals surface area contributed by atoms with Crippen molar-refractivity contribution in [3.8, 4) is 23.0 Å². The van der Waals surface area contributed by atoms with Crippen molar-refractivity contribution in [2.75, 3.05) is 20.5 Å². The molecule has 0 aromatic heterocycles. The van der Waals surface area contributed by atoms with Gasteiger partial charge in [0.15, 0.2) is 23.0 Å². The summed E-state index contributed by atoms with van der Waals surface area (Å²) in [7, 11) is 1.60. The van der Waals surface area contributed by atoms with E-state index in [0.717, 1.165) is 23.3 Å². The summed E-state index contributed by atoms with van der Waals surface area (Å²) in [6.07, 6.45) is 4.17. The van der Waals surface area contributed by atoms with Gasteiger partial charge in [0.2, 0.25) is 12.7 Å². The molecule has 0 radical (unpaired) electrons. The Balaban J connectivity index is 1.61. The van der Waals surface area contributed by atoms with Crippen LogP contribution in [0.3, 0.4) is 0 Å². The molecule has 3 rings (SSSR count). The quantitative estimate of drug-likeness (QED) is 0.695. The molecular formula is C22H25NO5. The van der Waals surface area contributed by atoms with Crippen molar-refractivity contribution in [3.05, 3.63) is 53.6 Å². The fourth-order valence-corrected chi connectivity index (χ4v) is 2.82. The lowest BCUT2D eigenvalue weighted by molar-refractivity contribution is -0.117. The van der Waals surface area contributed by atoms with Crippen LogP contribution < -0.4 is 24.3 Å². The number of benzene rings is 2. The molecule has 6 nitrogen and oxygen atoms in total. The number of rotatable bonds is 8. The first-order valence-corrected chi connectivity index (χ1v) is 9.29. The average molecular weight is 383 g/mol. The van der Waals surface area contributed by atoms with Gasteiger partial charge in [-0.1, -0.05) is 19.1 Å². The van der Waals surface area contributed by atoms with E-state index in [4.69, 9.17) is 18.9 Å². The summed E-state index contributed by atoms with van der Waals surface area (Å²) in [5.41, 5.74) is 1.80. The van der Waals surface area contributed by atoms with Gasteiger partial charge >= 0.3 is 0 Å². The van der Waals surface area contributed by atoms with Gasteiger partial charge in [-0.25, -0.2) is 0 Å². The predicted molar refractivity (Wildman–Crippen MR) is 107 cm³/mol. The summed E-state index contributed by atoms with van der Waals surface area (Å²) in [6, 6.07) is 11.1. The molecule has 1 aliphatic heterocycles. The largest absolute Gasteiger partial charge is 0.493 e. The number of methoxy groups -OCH3 is 1. The third-order valence-electron chi connectivity index (χ3n) is 4.33. The van der Waals surface area contributed by atoms with E-state index in [0.29, 0.717) is 23.9 Å². The fourth-order valence-electron chi connectivity index (χ4n) is 2.82. The van der Waals surface area contributed by atoms with Gasteiger partial charge in [-0.05, 0) is 54.8 Å². The Bertz CT molecular complexity index is 862. The first kappa shape index (κ1) is 19.6. The van der Waals surface area contributed by atoms with Crippen LogP contribution in [0.15, 0.2) is 42.5 Å². The van der Waals surface area contributed by atoms with Crippen LogP contribution >= 0.6 is 0 Å². The van der Waals surface area contributed by atoms with Gasteiger partial charge in [0.1, 0.15) is 0 Å². The molecule has 0 saturated carbocycles. The van der Waals surface area contributed by atoms with Gasteiger partial charge in [-0.3, -0.25) is 4.79 Å². The maximum absolute atomic E-state index is 12.3. The van der Waals surface area contributed by atoms with Crippen molar-refractivity contribution in [2.45, 2.75) is 26.3 Å². The lowest BCUT2D eigenvalue weighted by atomic mass is 10.1. The van der Waals surface area contributed by atoms with Crippen LogP contribution in [0.4, 0.5) is 0 Å². The van der Waals surface area contributed by atoms with Gasteiger partial charge in [0.05, 0.1) is 19.8 Å². The van der Waals surface area contributed by atoms with Crippen LogP contribution in [0.1, 0.15) is 37.4 Å². The highest BCUT2D eigenvalue weighted by molar-refractivity contribution is 5.92. The van der Waals surface area contributed by atoms with Crippen molar-refractivity contribution >= 4 is 12.0 Å². The maximum atomic E-state index is 12.3. The SMILES string of the molecule is CCCOc1ccc(/C=C/C(=O)NC(C)c2ccc3c(c2)OCO3)cc1OC. The summed E-state index contributed by atoms with van der Waals surface area (Å²) >= 11 is 0. The van der Waals surface area contributed by atoms with Gasteiger partial charge in [-0.15, -0.1) is 0 Å². The first-order valence-electron chi connectivity index (χ1n) is 9.29. The molecule has 1 heterocycles. The van der Waals surface area contributed by atoms with Gasteiger partial charge in [-0.2, -0.15) is 0 Å². The summed E-state index contributed by atoms with van der Waals surface area (Å²) in [5.74, 6) is 2.58. The number of amides is 1. The Morgan fingerprint density at radius 3 is 2.79 bits per heavy atom. The molecule has 148 valence electrons. The van der Waals surface area contributed by atoms with E-state index < -0.39 is 0 Å². The molecule has 1 aliphatic rings. The van der Waals surface area contributed by atoms with Crippen LogP contribution in [0.2, 0.25) is 0 Å². The van der Waals surface area contributed by atoms with Crippen LogP contribution in [0.5, 0.6) is 23.0 Å². The molecule has 1 amide bonds. The number of carbonyl (C=O) groups is 1. The maximum Gasteiger partial charge on any atom is 0.244 e. The van der Waals surface area contributed by atoms with E-state index in [1.165, 1.54) is 6.08 Å². The third-order valence-corrected chi connectivity index (χ3v) is 4.33. The zero-order chi connectivity index (χ0) is 19.9. The zero-order valence-electron chi connectivity index (χ0n) is 16.4. The number of nitrogens with one attached hydrogen (secondary N) is 1. The standard InChI is InChI=1S/C22H25NO5/c1-4-11-26-18-8-5-16(12-20(18)25-3)6-10-22(24)23-15(2)17-7-9-19-21(13-17)28-14-27-19/h5-10,12-13,15H,4,11,14H2,1-3H3,(H,23,24)/b10-6+. The Kier molecular flexibility index (Phi) is 6.42. The minimum atomic E-state index is -0.185. The molecule has 2 aromatic carbocycles. The molecule has 1 atom stereocenters. The number of fused-ring (bicyclic) bond motifs is 1. The fraction of sp³-hybridized carbons (Fsp3) is 0.318. The van der Waals surface area contributed by atoms with E-state index in [1.807, 2.05) is 50.2 Å². The number of carbonyl (C=O) groups excluding carboxylic acids is 1. The summed E-state index contributed by atoms with van der Waals surface area (Å²) in [5, 5.41) is 2.95. The van der Waals surface area contributed by atoms with Crippen molar-refractivity contribution in [1.29, 1.82) is 0 Å². The molecule has 0 bridgehead atoms. The highest BCUT2D eigenvalue weighted by Gasteiger charge is 2.16. The van der Waals surface area contributed by atoms with E-state index in [1.54, 1.807) is 13.2 Å². The van der Waals surface area contributed by atoms with Gasteiger partial charge in [0.25, 0.3) is 0 Å². The van der Waals surface area contributed by atoms with Crippen molar-refractivity contribution in [1.82, 2.24) is 5.32 Å². The molecule has 1 N–H and O–H groups in total. The van der Waals surface area contributed by atoms with Gasteiger partial charge in [0, 0.05) is 6.08 Å². The summed E-state index contributed by atoms with van der Waals surface area (Å²) in [6.45, 7) is 4.83. The highest BCUT2D eigenvalue weighted by Crippen LogP contribution is 2.34. The lowest BCUT2D eigenvalue weighted by Gasteiger charge is -2.13. The number of hydrogen-bond acceptors (Lipinski definition) is 5. The van der Waals surface area contributed by atoms with Crippen LogP contribution in [0.25, 0.3) is 6.08 Å². The van der Waals surface area contributed by atoms with Crippen LogP contribution in [0, 0.1) is 0 Å². The summed E-state index contributed by atoms with van der Waals surface area (Å²) in [4.78, 5) is 12.3. The van der Waals surface area contributed by atoms with Crippen LogP contribution in [-0.4, -0.2) is 26.4 Å². The van der Waals surface area contributed by atoms with Crippen molar-refractivity contribution < 1.29 is 23.7 Å². The summed E-state index contributed by atoms with van der Waals surface area (Å²) < 4.78 is 21.7. The molecule has 0 saturated heterocycles. The molecule has 0 spiro atoms. The average Bonchev–Trinajstić information content (AvgIpc) is 3.18. The number of ether oxygens (including phenoxy) is 4. The molecule has 2 aromatic rings. The minimum absolute atomic E-state index is 0.161. The Morgan fingerprint density at radius 1 is 1.18 bits per heavy atom. The normalized spacial score (nSPS) is 13.4. The lowest BCUT2D eigenvalue weighted by Crippen LogP contribution is -2.24. The monoisotopic (exact) mass is 383 g/mol. The second-order valence-corrected chi connectivity index (χ2v) is 6.44. The van der Waals surface area contributed by atoms with E-state index >= 15 is 0 Å². The topological polar surface area (TPSA) is 66.0 Å². The molecule has 6 heteroatoms. The van der Waals surface area contributed by atoms with E-state index in [-0.39, 0.29) is 18.7 Å². The zero-order valence-corrected chi connectivity index (χ0v) is 16.4.